The van der Waals surface area contributed by atoms with Gasteiger partial charge in [0.15, 0.2) is 0 Å². The van der Waals surface area contributed by atoms with Crippen molar-refractivity contribution in [3.05, 3.63) is 0 Å². The highest BCUT2D eigenvalue weighted by atomic mass is 32.3. The molecular weight excluding hydrogens is 324 g/mol. The Kier molecular flexibility index (Phi) is 4.29. The van der Waals surface area contributed by atoms with Gasteiger partial charge in [-0.3, -0.25) is 4.55 Å². The van der Waals surface area contributed by atoms with E-state index in [4.69, 9.17) is 8.74 Å². The Hall–Kier alpha value is -0.130. The van der Waals surface area contributed by atoms with Gasteiger partial charge in [0, 0.05) is 0 Å². The van der Waals surface area contributed by atoms with Crippen molar-refractivity contribution < 1.29 is 17.2 Å². The molecule has 0 amide bonds. The van der Waals surface area contributed by atoms with Crippen LogP contribution in [0.2, 0.25) is 0 Å². The summed E-state index contributed by atoms with van der Waals surface area (Å²) in [6.45, 7) is 4.92. The lowest BCUT2D eigenvalue weighted by molar-refractivity contribution is -0.105. The van der Waals surface area contributed by atoms with Crippen LogP contribution in [-0.2, 0) is 14.6 Å². The van der Waals surface area contributed by atoms with Gasteiger partial charge in [0.25, 0.3) is 0 Å². The van der Waals surface area contributed by atoms with E-state index in [-0.39, 0.29) is 6.10 Å². The number of rotatable bonds is 2. The predicted octanol–water partition coefficient (Wildman–Crippen LogP) is 4.46. The normalized spacial score (nSPS) is 51.5. The van der Waals surface area contributed by atoms with E-state index in [1.165, 1.54) is 38.5 Å². The van der Waals surface area contributed by atoms with Crippen LogP contribution in [0.1, 0.15) is 71.6 Å². The summed E-state index contributed by atoms with van der Waals surface area (Å²) in [5.74, 6) is 5.09. The summed E-state index contributed by atoms with van der Waals surface area (Å²) in [6.07, 6.45) is 10.4. The maximum Gasteiger partial charge on any atom is 0.397 e. The molecule has 4 aliphatic carbocycles. The Balaban J connectivity index is 1.50. The van der Waals surface area contributed by atoms with Crippen LogP contribution in [0.5, 0.6) is 0 Å². The second kappa shape index (κ2) is 5.95. The van der Waals surface area contributed by atoms with Gasteiger partial charge in [0.1, 0.15) is 0 Å². The van der Waals surface area contributed by atoms with Gasteiger partial charge in [-0.2, -0.15) is 8.42 Å². The van der Waals surface area contributed by atoms with Gasteiger partial charge >= 0.3 is 10.4 Å². The molecule has 4 rings (SSSR count). The summed E-state index contributed by atoms with van der Waals surface area (Å²) in [5.41, 5.74) is 0.346. The summed E-state index contributed by atoms with van der Waals surface area (Å²) in [4.78, 5) is 0. The first-order chi connectivity index (χ1) is 11.3. The monoisotopic (exact) mass is 356 g/mol. The molecule has 1 N–H and O–H groups in total. The van der Waals surface area contributed by atoms with Crippen molar-refractivity contribution in [2.75, 3.05) is 0 Å². The molecule has 138 valence electrons. The third-order valence-electron chi connectivity index (χ3n) is 8.55. The Bertz CT molecular complexity index is 588. The van der Waals surface area contributed by atoms with Gasteiger partial charge in [0.2, 0.25) is 0 Å². The molecule has 0 aliphatic heterocycles. The maximum atomic E-state index is 11.1. The van der Waals surface area contributed by atoms with Crippen LogP contribution in [0.4, 0.5) is 0 Å². The second-order valence-electron chi connectivity index (χ2n) is 9.43. The molecule has 4 fully saturated rings. The minimum Gasteiger partial charge on any atom is -0.264 e. The number of fused-ring (bicyclic) bond motifs is 5. The third-order valence-corrected chi connectivity index (χ3v) is 9.07. The average Bonchev–Trinajstić information content (AvgIpc) is 2.88. The molecule has 4 saturated carbocycles. The summed E-state index contributed by atoms with van der Waals surface area (Å²) >= 11 is 0. The Morgan fingerprint density at radius 2 is 1.67 bits per heavy atom. The van der Waals surface area contributed by atoms with Gasteiger partial charge in [-0.05, 0) is 92.3 Å². The van der Waals surface area contributed by atoms with E-state index in [0.29, 0.717) is 11.3 Å². The first-order valence-corrected chi connectivity index (χ1v) is 11.3. The zero-order chi connectivity index (χ0) is 17.1. The fourth-order valence-corrected chi connectivity index (χ4v) is 7.94. The van der Waals surface area contributed by atoms with Crippen LogP contribution in [0, 0.1) is 40.9 Å². The first-order valence-electron chi connectivity index (χ1n) is 9.93. The van der Waals surface area contributed by atoms with Crippen LogP contribution in [0.15, 0.2) is 0 Å². The fourth-order valence-electron chi connectivity index (χ4n) is 7.42. The molecule has 0 spiro atoms. The first kappa shape index (κ1) is 17.3. The molecule has 0 unspecified atom stereocenters. The fraction of sp³-hybridized carbons (Fsp3) is 1.00. The molecule has 5 heteroatoms. The minimum absolute atomic E-state index is 0.322. The van der Waals surface area contributed by atoms with Crippen LogP contribution in [-0.4, -0.2) is 19.1 Å². The van der Waals surface area contributed by atoms with Crippen molar-refractivity contribution in [3.8, 4) is 0 Å². The highest BCUT2D eigenvalue weighted by molar-refractivity contribution is 7.80. The molecule has 4 aliphatic rings. The predicted molar refractivity (Wildman–Crippen MR) is 92.7 cm³/mol. The highest BCUT2D eigenvalue weighted by Gasteiger charge is 2.56. The molecule has 0 radical (unpaired) electrons. The van der Waals surface area contributed by atoms with Crippen LogP contribution in [0.25, 0.3) is 0 Å². The van der Waals surface area contributed by atoms with Crippen LogP contribution < -0.4 is 0 Å². The van der Waals surface area contributed by atoms with Gasteiger partial charge in [-0.15, -0.1) is 0 Å². The van der Waals surface area contributed by atoms with Crippen molar-refractivity contribution in [2.45, 2.75) is 77.7 Å². The van der Waals surface area contributed by atoms with Crippen molar-refractivity contribution in [2.24, 2.45) is 40.9 Å². The minimum atomic E-state index is -4.32. The van der Waals surface area contributed by atoms with Gasteiger partial charge < -0.3 is 0 Å². The van der Waals surface area contributed by atoms with Gasteiger partial charge in [-0.25, -0.2) is 4.18 Å². The topological polar surface area (TPSA) is 63.6 Å². The molecule has 0 aromatic rings. The zero-order valence-corrected chi connectivity index (χ0v) is 15.8. The standard InChI is InChI=1S/C19H32O4S/c1-12-3-5-16-15(12)7-8-18-17(16)6-4-13-11-14(23-24(20,21)22)9-10-19(13,18)2/h12-18H,3-11H2,1-2H3,(H,20,21,22)/t12-,13+,14+,15+,16+,17-,18-,19-/m0/s1. The van der Waals surface area contributed by atoms with Crippen LogP contribution >= 0.6 is 0 Å². The largest absolute Gasteiger partial charge is 0.397 e. The lowest BCUT2D eigenvalue weighted by Gasteiger charge is -2.59. The number of hydrogen-bond acceptors (Lipinski definition) is 3. The lowest BCUT2D eigenvalue weighted by Crippen LogP contribution is -2.52. The van der Waals surface area contributed by atoms with Gasteiger partial charge in [0.05, 0.1) is 6.10 Å². The maximum absolute atomic E-state index is 11.1. The van der Waals surface area contributed by atoms with E-state index in [1.54, 1.807) is 0 Å². The quantitative estimate of drug-likeness (QED) is 0.742. The van der Waals surface area contributed by atoms with Crippen molar-refractivity contribution in [3.63, 3.8) is 0 Å². The summed E-state index contributed by atoms with van der Waals surface area (Å²) in [6, 6.07) is 0. The molecule has 0 aromatic heterocycles. The summed E-state index contributed by atoms with van der Waals surface area (Å²) in [5, 5.41) is 0. The number of hydrogen-bond donors (Lipinski definition) is 1. The van der Waals surface area contributed by atoms with E-state index < -0.39 is 10.4 Å². The van der Waals surface area contributed by atoms with Crippen LogP contribution in [0.3, 0.4) is 0 Å². The Morgan fingerprint density at radius 1 is 0.958 bits per heavy atom. The molecule has 0 aromatic carbocycles. The Labute approximate surface area is 146 Å². The van der Waals surface area contributed by atoms with Crippen molar-refractivity contribution in [1.29, 1.82) is 0 Å². The second-order valence-corrected chi connectivity index (χ2v) is 10.5. The third kappa shape index (κ3) is 2.84. The molecule has 4 nitrogen and oxygen atoms in total. The van der Waals surface area contributed by atoms with E-state index >= 15 is 0 Å². The smallest absolute Gasteiger partial charge is 0.264 e. The average molecular weight is 357 g/mol. The highest BCUT2D eigenvalue weighted by Crippen LogP contribution is 2.63. The van der Waals surface area contributed by atoms with E-state index in [2.05, 4.69) is 13.8 Å². The molecule has 0 heterocycles. The van der Waals surface area contributed by atoms with Gasteiger partial charge in [-0.1, -0.05) is 20.3 Å². The summed E-state index contributed by atoms with van der Waals surface area (Å²) < 4.78 is 36.0. The summed E-state index contributed by atoms with van der Waals surface area (Å²) in [7, 11) is -4.32. The molecule has 24 heavy (non-hydrogen) atoms. The van der Waals surface area contributed by atoms with E-state index in [9.17, 15) is 8.42 Å². The van der Waals surface area contributed by atoms with Crippen molar-refractivity contribution >= 4 is 10.4 Å². The molecular formula is C19H32O4S. The van der Waals surface area contributed by atoms with E-state index in [0.717, 1.165) is 48.9 Å². The molecule has 0 saturated heterocycles. The Morgan fingerprint density at radius 3 is 2.42 bits per heavy atom. The van der Waals surface area contributed by atoms with Crippen molar-refractivity contribution in [1.82, 2.24) is 0 Å². The molecule has 0 bridgehead atoms. The lowest BCUT2D eigenvalue weighted by atomic mass is 9.47. The zero-order valence-electron chi connectivity index (χ0n) is 15.0. The van der Waals surface area contributed by atoms with E-state index in [1.807, 2.05) is 0 Å². The SMILES string of the molecule is C[C@H]1CC[C@@H]2[C@@H]1CC[C@H]1[C@H]2CC[C@@H]2C[C@H](OS(=O)(=O)O)CC[C@@]21C. The molecule has 8 atom stereocenters.